The molecule has 0 saturated heterocycles. The lowest BCUT2D eigenvalue weighted by molar-refractivity contribution is 0.346. The highest BCUT2D eigenvalue weighted by atomic mass is 14.9. The fourth-order valence-electron chi connectivity index (χ4n) is 1.20. The van der Waals surface area contributed by atoms with Crippen LogP contribution < -0.4 is 0 Å². The van der Waals surface area contributed by atoms with Crippen LogP contribution in [0.5, 0.6) is 0 Å². The van der Waals surface area contributed by atoms with E-state index < -0.39 is 0 Å². The van der Waals surface area contributed by atoms with Gasteiger partial charge in [-0.05, 0) is 18.8 Å². The number of rotatable bonds is 3. The summed E-state index contributed by atoms with van der Waals surface area (Å²) >= 11 is 0. The Morgan fingerprint density at radius 1 is 1.50 bits per heavy atom. The van der Waals surface area contributed by atoms with Crippen molar-refractivity contribution in [1.82, 2.24) is 9.97 Å². The summed E-state index contributed by atoms with van der Waals surface area (Å²) in [5, 5.41) is 0. The summed E-state index contributed by atoms with van der Waals surface area (Å²) < 4.78 is 0. The zero-order valence-corrected chi connectivity index (χ0v) is 8.44. The molecule has 2 nitrogen and oxygen atoms in total. The summed E-state index contributed by atoms with van der Waals surface area (Å²) in [6.07, 6.45) is 4.22. The van der Waals surface area contributed by atoms with Gasteiger partial charge in [-0.15, -0.1) is 0 Å². The van der Waals surface area contributed by atoms with Gasteiger partial charge in [-0.25, -0.2) is 4.98 Å². The third-order valence-corrected chi connectivity index (χ3v) is 2.38. The van der Waals surface area contributed by atoms with Gasteiger partial charge in [-0.2, -0.15) is 0 Å². The second-order valence-corrected chi connectivity index (χ2v) is 4.19. The quantitative estimate of drug-likeness (QED) is 0.734. The SMILES string of the molecule is CCC(C)(C)Cc1cnc(C)[nH]1. The minimum absolute atomic E-state index is 0.388. The predicted molar refractivity (Wildman–Crippen MR) is 51.1 cm³/mol. The number of aryl methyl sites for hydroxylation is 1. The van der Waals surface area contributed by atoms with Gasteiger partial charge in [0.25, 0.3) is 0 Å². The Morgan fingerprint density at radius 2 is 2.17 bits per heavy atom. The van der Waals surface area contributed by atoms with Crippen LogP contribution in [0.2, 0.25) is 0 Å². The summed E-state index contributed by atoms with van der Waals surface area (Å²) in [5.41, 5.74) is 1.64. The molecule has 68 valence electrons. The van der Waals surface area contributed by atoms with Crippen LogP contribution in [0, 0.1) is 12.3 Å². The van der Waals surface area contributed by atoms with Gasteiger partial charge in [0, 0.05) is 11.9 Å². The van der Waals surface area contributed by atoms with Gasteiger partial charge < -0.3 is 4.98 Å². The monoisotopic (exact) mass is 166 g/mol. The molecule has 1 N–H and O–H groups in total. The largest absolute Gasteiger partial charge is 0.346 e. The molecule has 0 aliphatic heterocycles. The molecule has 1 aromatic rings. The first kappa shape index (κ1) is 9.30. The molecule has 0 radical (unpaired) electrons. The Morgan fingerprint density at radius 3 is 2.58 bits per heavy atom. The highest BCUT2D eigenvalue weighted by Gasteiger charge is 2.16. The third kappa shape index (κ3) is 2.36. The first-order valence-corrected chi connectivity index (χ1v) is 4.54. The summed E-state index contributed by atoms with van der Waals surface area (Å²) in [6, 6.07) is 0. The Kier molecular flexibility index (Phi) is 2.55. The molecule has 0 atom stereocenters. The number of aromatic nitrogens is 2. The Hall–Kier alpha value is -0.790. The smallest absolute Gasteiger partial charge is 0.103 e. The van der Waals surface area contributed by atoms with Crippen molar-refractivity contribution in [3.63, 3.8) is 0 Å². The molecule has 2 heteroatoms. The molecular weight excluding hydrogens is 148 g/mol. The van der Waals surface area contributed by atoms with Crippen molar-refractivity contribution >= 4 is 0 Å². The van der Waals surface area contributed by atoms with E-state index in [1.165, 1.54) is 12.1 Å². The topological polar surface area (TPSA) is 28.7 Å². The summed E-state index contributed by atoms with van der Waals surface area (Å²) in [6.45, 7) is 8.78. The molecule has 1 aromatic heterocycles. The van der Waals surface area contributed by atoms with Crippen molar-refractivity contribution in [3.05, 3.63) is 17.7 Å². The fraction of sp³-hybridized carbons (Fsp3) is 0.700. The number of hydrogen-bond acceptors (Lipinski definition) is 1. The number of hydrogen-bond donors (Lipinski definition) is 1. The van der Waals surface area contributed by atoms with Gasteiger partial charge >= 0.3 is 0 Å². The van der Waals surface area contributed by atoms with Crippen LogP contribution in [0.3, 0.4) is 0 Å². The average molecular weight is 166 g/mol. The molecule has 0 unspecified atom stereocenters. The van der Waals surface area contributed by atoms with E-state index in [1.807, 2.05) is 13.1 Å². The van der Waals surface area contributed by atoms with E-state index >= 15 is 0 Å². The summed E-state index contributed by atoms with van der Waals surface area (Å²) in [5.74, 6) is 1.01. The Labute approximate surface area is 74.4 Å². The van der Waals surface area contributed by atoms with E-state index in [4.69, 9.17) is 0 Å². The highest BCUT2D eigenvalue weighted by Crippen LogP contribution is 2.24. The minimum Gasteiger partial charge on any atom is -0.346 e. The van der Waals surface area contributed by atoms with E-state index in [9.17, 15) is 0 Å². The van der Waals surface area contributed by atoms with Gasteiger partial charge in [0.2, 0.25) is 0 Å². The maximum Gasteiger partial charge on any atom is 0.103 e. The maximum atomic E-state index is 4.18. The molecular formula is C10H18N2. The van der Waals surface area contributed by atoms with E-state index in [-0.39, 0.29) is 0 Å². The average Bonchev–Trinajstić information content (AvgIpc) is 2.35. The van der Waals surface area contributed by atoms with Crippen LogP contribution in [0.25, 0.3) is 0 Å². The van der Waals surface area contributed by atoms with E-state index in [0.717, 1.165) is 12.2 Å². The van der Waals surface area contributed by atoms with Crippen LogP contribution in [-0.4, -0.2) is 9.97 Å². The van der Waals surface area contributed by atoms with Crippen LogP contribution in [0.15, 0.2) is 6.20 Å². The van der Waals surface area contributed by atoms with E-state index in [1.54, 1.807) is 0 Å². The van der Waals surface area contributed by atoms with Crippen LogP contribution >= 0.6 is 0 Å². The van der Waals surface area contributed by atoms with Crippen LogP contribution in [-0.2, 0) is 6.42 Å². The second kappa shape index (κ2) is 3.30. The first-order chi connectivity index (χ1) is 5.53. The Bertz CT molecular complexity index is 248. The molecule has 0 aliphatic rings. The normalized spacial score (nSPS) is 12.0. The van der Waals surface area contributed by atoms with Gasteiger partial charge in [-0.1, -0.05) is 27.2 Å². The molecule has 0 bridgehead atoms. The summed E-state index contributed by atoms with van der Waals surface area (Å²) in [4.78, 5) is 7.43. The van der Waals surface area contributed by atoms with Gasteiger partial charge in [0.15, 0.2) is 0 Å². The van der Waals surface area contributed by atoms with Gasteiger partial charge in [0.05, 0.1) is 0 Å². The minimum atomic E-state index is 0.388. The number of imidazole rings is 1. The Balaban J connectivity index is 2.63. The number of nitrogens with one attached hydrogen (secondary N) is 1. The van der Waals surface area contributed by atoms with Gasteiger partial charge in [0.1, 0.15) is 5.82 Å². The van der Waals surface area contributed by atoms with Gasteiger partial charge in [-0.3, -0.25) is 0 Å². The first-order valence-electron chi connectivity index (χ1n) is 4.54. The molecule has 0 saturated carbocycles. The van der Waals surface area contributed by atoms with Crippen molar-refractivity contribution < 1.29 is 0 Å². The number of nitrogens with zero attached hydrogens (tertiary/aromatic N) is 1. The van der Waals surface area contributed by atoms with Crippen molar-refractivity contribution in [2.75, 3.05) is 0 Å². The van der Waals surface area contributed by atoms with Crippen molar-refractivity contribution in [3.8, 4) is 0 Å². The molecule has 0 spiro atoms. The lowest BCUT2D eigenvalue weighted by Crippen LogP contribution is -2.13. The van der Waals surface area contributed by atoms with E-state index in [2.05, 4.69) is 30.7 Å². The number of H-pyrrole nitrogens is 1. The lowest BCUT2D eigenvalue weighted by Gasteiger charge is -2.21. The zero-order valence-electron chi connectivity index (χ0n) is 8.44. The lowest BCUT2D eigenvalue weighted by atomic mass is 9.85. The predicted octanol–water partition coefficient (Wildman–Crippen LogP) is 2.70. The fourth-order valence-corrected chi connectivity index (χ4v) is 1.20. The molecule has 0 amide bonds. The second-order valence-electron chi connectivity index (χ2n) is 4.19. The maximum absolute atomic E-state index is 4.18. The third-order valence-electron chi connectivity index (χ3n) is 2.38. The van der Waals surface area contributed by atoms with Crippen LogP contribution in [0.1, 0.15) is 38.7 Å². The summed E-state index contributed by atoms with van der Waals surface area (Å²) in [7, 11) is 0. The molecule has 0 fully saturated rings. The number of aromatic amines is 1. The highest BCUT2D eigenvalue weighted by molar-refractivity contribution is 5.02. The van der Waals surface area contributed by atoms with Crippen molar-refractivity contribution in [2.24, 2.45) is 5.41 Å². The molecule has 12 heavy (non-hydrogen) atoms. The molecule has 0 aliphatic carbocycles. The van der Waals surface area contributed by atoms with E-state index in [0.29, 0.717) is 5.41 Å². The molecule has 0 aromatic carbocycles. The van der Waals surface area contributed by atoms with Crippen molar-refractivity contribution in [2.45, 2.75) is 40.5 Å². The molecule has 1 rings (SSSR count). The zero-order chi connectivity index (χ0) is 9.19. The van der Waals surface area contributed by atoms with Crippen molar-refractivity contribution in [1.29, 1.82) is 0 Å². The molecule has 1 heterocycles. The van der Waals surface area contributed by atoms with Crippen LogP contribution in [0.4, 0.5) is 0 Å². The standard InChI is InChI=1S/C10H18N2/c1-5-10(3,4)6-9-7-11-8(2)12-9/h7H,5-6H2,1-4H3,(H,11,12).